The number of hydrogen-bond acceptors (Lipinski definition) is 2. The van der Waals surface area contributed by atoms with Crippen molar-refractivity contribution in [3.8, 4) is 0 Å². The molecule has 1 atom stereocenters. The standard InChI is InChI=1S/C17H16ClNO/c1-11-5-7-12(8-6-11)9-15(19)16-10-13-3-2-4-14(18)17(13)20-16/h2-8,10,15H,9,19H2,1H3. The van der Waals surface area contributed by atoms with Crippen LogP contribution in [0.1, 0.15) is 22.9 Å². The Kier molecular flexibility index (Phi) is 3.51. The van der Waals surface area contributed by atoms with Crippen LogP contribution in [0.2, 0.25) is 5.02 Å². The van der Waals surface area contributed by atoms with E-state index >= 15 is 0 Å². The van der Waals surface area contributed by atoms with E-state index in [0.717, 1.165) is 17.6 Å². The summed E-state index contributed by atoms with van der Waals surface area (Å²) in [4.78, 5) is 0. The lowest BCUT2D eigenvalue weighted by molar-refractivity contribution is 0.494. The molecule has 2 aromatic carbocycles. The van der Waals surface area contributed by atoms with E-state index in [4.69, 9.17) is 21.8 Å². The summed E-state index contributed by atoms with van der Waals surface area (Å²) in [5.41, 5.74) is 9.41. The molecule has 0 spiro atoms. The van der Waals surface area contributed by atoms with Gasteiger partial charge in [0.15, 0.2) is 5.58 Å². The van der Waals surface area contributed by atoms with Crippen LogP contribution in [0.15, 0.2) is 52.9 Å². The number of nitrogens with two attached hydrogens (primary N) is 1. The smallest absolute Gasteiger partial charge is 0.152 e. The van der Waals surface area contributed by atoms with Gasteiger partial charge < -0.3 is 10.2 Å². The van der Waals surface area contributed by atoms with Crippen LogP contribution in [0.5, 0.6) is 0 Å². The molecule has 1 unspecified atom stereocenters. The Morgan fingerprint density at radius 3 is 2.60 bits per heavy atom. The van der Waals surface area contributed by atoms with Crippen LogP contribution in [-0.4, -0.2) is 0 Å². The second-order valence-electron chi connectivity index (χ2n) is 5.10. The number of rotatable bonds is 3. The topological polar surface area (TPSA) is 39.2 Å². The molecule has 2 nitrogen and oxygen atoms in total. The second kappa shape index (κ2) is 5.31. The summed E-state index contributed by atoms with van der Waals surface area (Å²) >= 11 is 6.12. The van der Waals surface area contributed by atoms with E-state index in [1.165, 1.54) is 11.1 Å². The highest BCUT2D eigenvalue weighted by Crippen LogP contribution is 2.29. The lowest BCUT2D eigenvalue weighted by Gasteiger charge is -2.08. The minimum Gasteiger partial charge on any atom is -0.458 e. The van der Waals surface area contributed by atoms with Crippen molar-refractivity contribution in [3.05, 3.63) is 70.4 Å². The van der Waals surface area contributed by atoms with Gasteiger partial charge in [-0.3, -0.25) is 0 Å². The Morgan fingerprint density at radius 1 is 1.15 bits per heavy atom. The van der Waals surface area contributed by atoms with Gasteiger partial charge in [0.05, 0.1) is 11.1 Å². The van der Waals surface area contributed by atoms with Crippen molar-refractivity contribution in [2.75, 3.05) is 0 Å². The highest BCUT2D eigenvalue weighted by molar-refractivity contribution is 6.34. The minimum absolute atomic E-state index is 0.166. The Labute approximate surface area is 123 Å². The van der Waals surface area contributed by atoms with E-state index in [0.29, 0.717) is 10.6 Å². The summed E-state index contributed by atoms with van der Waals surface area (Å²) < 4.78 is 5.80. The molecule has 0 aliphatic rings. The lowest BCUT2D eigenvalue weighted by Crippen LogP contribution is -2.12. The van der Waals surface area contributed by atoms with Gasteiger partial charge in [0.1, 0.15) is 5.76 Å². The van der Waals surface area contributed by atoms with Gasteiger partial charge in [-0.2, -0.15) is 0 Å². The average Bonchev–Trinajstić information content (AvgIpc) is 2.87. The van der Waals surface area contributed by atoms with E-state index < -0.39 is 0 Å². The van der Waals surface area contributed by atoms with Crippen LogP contribution in [0.4, 0.5) is 0 Å². The van der Waals surface area contributed by atoms with E-state index in [1.807, 2.05) is 24.3 Å². The van der Waals surface area contributed by atoms with Crippen LogP contribution in [-0.2, 0) is 6.42 Å². The molecule has 0 amide bonds. The summed E-state index contributed by atoms with van der Waals surface area (Å²) in [6.45, 7) is 2.07. The molecule has 0 saturated heterocycles. The molecule has 20 heavy (non-hydrogen) atoms. The first kappa shape index (κ1) is 13.2. The van der Waals surface area contributed by atoms with Crippen molar-refractivity contribution in [3.63, 3.8) is 0 Å². The molecule has 3 heteroatoms. The molecule has 102 valence electrons. The number of furan rings is 1. The Morgan fingerprint density at radius 2 is 1.90 bits per heavy atom. The van der Waals surface area contributed by atoms with E-state index in [9.17, 15) is 0 Å². The number of benzene rings is 2. The zero-order valence-corrected chi connectivity index (χ0v) is 12.0. The van der Waals surface area contributed by atoms with Crippen LogP contribution in [0.25, 0.3) is 11.0 Å². The predicted octanol–water partition coefficient (Wildman–Crippen LogP) is 4.64. The van der Waals surface area contributed by atoms with Gasteiger partial charge in [0, 0.05) is 5.39 Å². The maximum absolute atomic E-state index is 6.24. The quantitative estimate of drug-likeness (QED) is 0.761. The first-order valence-corrected chi connectivity index (χ1v) is 7.00. The molecule has 3 rings (SSSR count). The fraction of sp³-hybridized carbons (Fsp3) is 0.176. The second-order valence-corrected chi connectivity index (χ2v) is 5.51. The summed E-state index contributed by atoms with van der Waals surface area (Å²) in [5, 5.41) is 1.61. The van der Waals surface area contributed by atoms with Crippen molar-refractivity contribution in [2.45, 2.75) is 19.4 Å². The zero-order chi connectivity index (χ0) is 14.1. The van der Waals surface area contributed by atoms with Gasteiger partial charge in [-0.25, -0.2) is 0 Å². The maximum atomic E-state index is 6.24. The van der Waals surface area contributed by atoms with Crippen LogP contribution >= 0.6 is 11.6 Å². The summed E-state index contributed by atoms with van der Waals surface area (Å²) in [7, 11) is 0. The molecule has 2 N–H and O–H groups in total. The van der Waals surface area contributed by atoms with Gasteiger partial charge in [0.25, 0.3) is 0 Å². The molecule has 3 aromatic rings. The SMILES string of the molecule is Cc1ccc(CC(N)c2cc3cccc(Cl)c3o2)cc1. The van der Waals surface area contributed by atoms with Crippen molar-refractivity contribution in [2.24, 2.45) is 5.73 Å². The number of fused-ring (bicyclic) bond motifs is 1. The molecule has 1 aromatic heterocycles. The maximum Gasteiger partial charge on any atom is 0.152 e. The Balaban J connectivity index is 1.86. The minimum atomic E-state index is -0.166. The fourth-order valence-corrected chi connectivity index (χ4v) is 2.53. The molecule has 0 aliphatic carbocycles. The summed E-state index contributed by atoms with van der Waals surface area (Å²) in [6.07, 6.45) is 0.748. The number of aryl methyl sites for hydroxylation is 1. The third kappa shape index (κ3) is 2.58. The fourth-order valence-electron chi connectivity index (χ4n) is 2.31. The highest BCUT2D eigenvalue weighted by atomic mass is 35.5. The molecule has 0 saturated carbocycles. The van der Waals surface area contributed by atoms with Crippen molar-refractivity contribution < 1.29 is 4.42 Å². The largest absolute Gasteiger partial charge is 0.458 e. The first-order valence-electron chi connectivity index (χ1n) is 6.62. The van der Waals surface area contributed by atoms with E-state index in [-0.39, 0.29) is 6.04 Å². The van der Waals surface area contributed by atoms with Gasteiger partial charge >= 0.3 is 0 Å². The Hall–Kier alpha value is -1.77. The first-order chi connectivity index (χ1) is 9.63. The van der Waals surface area contributed by atoms with Crippen molar-refractivity contribution >= 4 is 22.6 Å². The third-order valence-corrected chi connectivity index (χ3v) is 3.75. The molecule has 0 radical (unpaired) electrons. The third-order valence-electron chi connectivity index (χ3n) is 3.46. The molecular weight excluding hydrogens is 270 g/mol. The zero-order valence-electron chi connectivity index (χ0n) is 11.3. The highest BCUT2D eigenvalue weighted by Gasteiger charge is 2.14. The molecule has 1 heterocycles. The molecule has 0 aliphatic heterocycles. The predicted molar refractivity (Wildman–Crippen MR) is 83.0 cm³/mol. The van der Waals surface area contributed by atoms with Gasteiger partial charge in [-0.15, -0.1) is 0 Å². The average molecular weight is 286 g/mol. The molecular formula is C17H16ClNO. The van der Waals surface area contributed by atoms with E-state index in [1.54, 1.807) is 0 Å². The van der Waals surface area contributed by atoms with Gasteiger partial charge in [-0.1, -0.05) is 53.6 Å². The number of para-hydroxylation sites is 1. The van der Waals surface area contributed by atoms with Gasteiger partial charge in [-0.05, 0) is 31.0 Å². The van der Waals surface area contributed by atoms with E-state index in [2.05, 4.69) is 31.2 Å². The Bertz CT molecular complexity index is 730. The number of hydrogen-bond donors (Lipinski definition) is 1. The normalized spacial score (nSPS) is 12.8. The molecule has 0 bridgehead atoms. The number of halogens is 1. The van der Waals surface area contributed by atoms with Crippen LogP contribution in [0.3, 0.4) is 0 Å². The summed E-state index contributed by atoms with van der Waals surface area (Å²) in [6, 6.07) is 15.9. The van der Waals surface area contributed by atoms with Crippen LogP contribution < -0.4 is 5.73 Å². The lowest BCUT2D eigenvalue weighted by atomic mass is 10.0. The van der Waals surface area contributed by atoms with Crippen LogP contribution in [0, 0.1) is 6.92 Å². The van der Waals surface area contributed by atoms with Crippen molar-refractivity contribution in [1.82, 2.24) is 0 Å². The monoisotopic (exact) mass is 285 g/mol. The molecule has 0 fully saturated rings. The summed E-state index contributed by atoms with van der Waals surface area (Å²) in [5.74, 6) is 0.772. The van der Waals surface area contributed by atoms with Crippen molar-refractivity contribution in [1.29, 1.82) is 0 Å². The van der Waals surface area contributed by atoms with Gasteiger partial charge in [0.2, 0.25) is 0 Å².